The number of hydrogen-bond donors (Lipinski definition) is 0. The lowest BCUT2D eigenvalue weighted by Crippen LogP contribution is -1.87. The summed E-state index contributed by atoms with van der Waals surface area (Å²) in [5, 5.41) is 0. The molecule has 0 nitrogen and oxygen atoms in total. The van der Waals surface area contributed by atoms with Gasteiger partial charge in [0.1, 0.15) is 0 Å². The van der Waals surface area contributed by atoms with Crippen LogP contribution in [0.1, 0.15) is 33.1 Å². The van der Waals surface area contributed by atoms with Crippen LogP contribution in [0.5, 0.6) is 0 Å². The van der Waals surface area contributed by atoms with Crippen molar-refractivity contribution in [3.8, 4) is 0 Å². The molecule has 0 heterocycles. The van der Waals surface area contributed by atoms with E-state index >= 15 is 0 Å². The van der Waals surface area contributed by atoms with E-state index in [0.29, 0.717) is 0 Å². The Bertz CT molecular complexity index is 300. The molecular formula is C15H22. The zero-order valence-electron chi connectivity index (χ0n) is 10.1. The normalized spacial score (nSPS) is 10.9. The van der Waals surface area contributed by atoms with Gasteiger partial charge in [-0.3, -0.25) is 0 Å². The average molecular weight is 202 g/mol. The van der Waals surface area contributed by atoms with Gasteiger partial charge in [-0.15, -0.1) is 6.58 Å². The van der Waals surface area contributed by atoms with Crippen molar-refractivity contribution in [2.45, 2.75) is 33.1 Å². The SMILES string of the molecule is C=C/C(=C\C(=C)C)C(=C)CCCC(=C)C. The van der Waals surface area contributed by atoms with Crippen molar-refractivity contribution < 1.29 is 0 Å². The van der Waals surface area contributed by atoms with Crippen LogP contribution in [0.4, 0.5) is 0 Å². The highest BCUT2D eigenvalue weighted by Gasteiger charge is 1.99. The van der Waals surface area contributed by atoms with Crippen molar-refractivity contribution in [2.75, 3.05) is 0 Å². The quantitative estimate of drug-likeness (QED) is 0.403. The lowest BCUT2D eigenvalue weighted by Gasteiger charge is -2.07. The minimum absolute atomic E-state index is 0.998. The van der Waals surface area contributed by atoms with Gasteiger partial charge in [0.25, 0.3) is 0 Å². The summed E-state index contributed by atoms with van der Waals surface area (Å²) in [5.74, 6) is 0. The lowest BCUT2D eigenvalue weighted by atomic mass is 9.99. The number of hydrogen-bond acceptors (Lipinski definition) is 0. The highest BCUT2D eigenvalue weighted by molar-refractivity contribution is 5.41. The molecule has 15 heavy (non-hydrogen) atoms. The molecule has 0 aliphatic carbocycles. The van der Waals surface area contributed by atoms with Crippen molar-refractivity contribution >= 4 is 0 Å². The molecule has 0 N–H and O–H groups in total. The summed E-state index contributed by atoms with van der Waals surface area (Å²) < 4.78 is 0. The van der Waals surface area contributed by atoms with Crippen LogP contribution in [-0.2, 0) is 0 Å². The van der Waals surface area contributed by atoms with Crippen LogP contribution in [0, 0.1) is 0 Å². The largest absolute Gasteiger partial charge is 0.100 e. The molecule has 0 spiro atoms. The molecule has 0 aliphatic rings. The third kappa shape index (κ3) is 6.73. The molecule has 0 unspecified atom stereocenters. The predicted octanol–water partition coefficient (Wildman–Crippen LogP) is 4.98. The summed E-state index contributed by atoms with van der Waals surface area (Å²) in [5.41, 5.74) is 4.50. The third-order valence-electron chi connectivity index (χ3n) is 2.11. The first-order chi connectivity index (χ1) is 6.97. The van der Waals surface area contributed by atoms with Gasteiger partial charge < -0.3 is 0 Å². The standard InChI is InChI=1S/C15H22/c1-7-15(11-13(4)5)14(6)10-8-9-12(2)3/h7,11H,1-2,4,6,8-10H2,3,5H3/b15-11+. The van der Waals surface area contributed by atoms with Gasteiger partial charge in [0, 0.05) is 0 Å². The molecule has 0 radical (unpaired) electrons. The van der Waals surface area contributed by atoms with Crippen LogP contribution in [0.2, 0.25) is 0 Å². The van der Waals surface area contributed by atoms with Crippen molar-refractivity contribution in [1.82, 2.24) is 0 Å². The van der Waals surface area contributed by atoms with Crippen LogP contribution >= 0.6 is 0 Å². The fraction of sp³-hybridized carbons (Fsp3) is 0.333. The Balaban J connectivity index is 4.23. The molecule has 0 saturated carbocycles. The van der Waals surface area contributed by atoms with E-state index in [4.69, 9.17) is 0 Å². The van der Waals surface area contributed by atoms with Gasteiger partial charge in [-0.2, -0.15) is 0 Å². The number of rotatable bonds is 7. The maximum atomic E-state index is 4.07. The molecule has 0 aromatic carbocycles. The van der Waals surface area contributed by atoms with Crippen LogP contribution < -0.4 is 0 Å². The van der Waals surface area contributed by atoms with Gasteiger partial charge in [-0.05, 0) is 44.3 Å². The summed E-state index contributed by atoms with van der Waals surface area (Å²) in [6.07, 6.45) is 7.04. The second kappa shape index (κ2) is 7.05. The van der Waals surface area contributed by atoms with E-state index in [0.717, 1.165) is 36.0 Å². The molecule has 0 amide bonds. The molecule has 0 aromatic rings. The van der Waals surface area contributed by atoms with Crippen LogP contribution in [0.3, 0.4) is 0 Å². The van der Waals surface area contributed by atoms with Gasteiger partial charge in [0.05, 0.1) is 0 Å². The minimum Gasteiger partial charge on any atom is -0.100 e. The van der Waals surface area contributed by atoms with Crippen molar-refractivity contribution in [3.05, 3.63) is 60.8 Å². The predicted molar refractivity (Wildman–Crippen MR) is 70.9 cm³/mol. The highest BCUT2D eigenvalue weighted by Crippen LogP contribution is 2.18. The van der Waals surface area contributed by atoms with E-state index in [2.05, 4.69) is 33.2 Å². The fourth-order valence-electron chi connectivity index (χ4n) is 1.32. The summed E-state index contributed by atoms with van der Waals surface area (Å²) in [4.78, 5) is 0. The Morgan fingerprint density at radius 1 is 1.07 bits per heavy atom. The van der Waals surface area contributed by atoms with Crippen LogP contribution in [-0.4, -0.2) is 0 Å². The zero-order chi connectivity index (χ0) is 11.8. The monoisotopic (exact) mass is 202 g/mol. The smallest absolute Gasteiger partial charge is 0.0234 e. The lowest BCUT2D eigenvalue weighted by molar-refractivity contribution is 0.814. The second-order valence-electron chi connectivity index (χ2n) is 4.06. The fourth-order valence-corrected chi connectivity index (χ4v) is 1.32. The first-order valence-electron chi connectivity index (χ1n) is 5.29. The first-order valence-corrected chi connectivity index (χ1v) is 5.29. The van der Waals surface area contributed by atoms with Gasteiger partial charge in [-0.25, -0.2) is 0 Å². The molecule has 0 saturated heterocycles. The average Bonchev–Trinajstić information content (AvgIpc) is 2.13. The van der Waals surface area contributed by atoms with Crippen molar-refractivity contribution in [1.29, 1.82) is 0 Å². The summed E-state index contributed by atoms with van der Waals surface area (Å²) in [7, 11) is 0. The van der Waals surface area contributed by atoms with Gasteiger partial charge in [0.2, 0.25) is 0 Å². The van der Waals surface area contributed by atoms with E-state index < -0.39 is 0 Å². The van der Waals surface area contributed by atoms with E-state index in [-0.39, 0.29) is 0 Å². The molecule has 0 fully saturated rings. The van der Waals surface area contributed by atoms with Crippen molar-refractivity contribution in [3.63, 3.8) is 0 Å². The van der Waals surface area contributed by atoms with E-state index in [9.17, 15) is 0 Å². The highest BCUT2D eigenvalue weighted by atomic mass is 14.0. The second-order valence-corrected chi connectivity index (χ2v) is 4.06. The Kier molecular flexibility index (Phi) is 6.44. The molecule has 0 aliphatic heterocycles. The van der Waals surface area contributed by atoms with Crippen LogP contribution in [0.25, 0.3) is 0 Å². The van der Waals surface area contributed by atoms with Gasteiger partial charge in [0.15, 0.2) is 0 Å². The Labute approximate surface area is 94.4 Å². The van der Waals surface area contributed by atoms with E-state index in [1.54, 1.807) is 0 Å². The van der Waals surface area contributed by atoms with Crippen molar-refractivity contribution in [2.24, 2.45) is 0 Å². The summed E-state index contributed by atoms with van der Waals surface area (Å²) in [6, 6.07) is 0. The maximum absolute atomic E-state index is 4.07. The molecule has 82 valence electrons. The van der Waals surface area contributed by atoms with E-state index in [1.165, 1.54) is 5.57 Å². The Morgan fingerprint density at radius 2 is 1.67 bits per heavy atom. The molecular weight excluding hydrogens is 180 g/mol. The Morgan fingerprint density at radius 3 is 2.07 bits per heavy atom. The molecule has 0 heteroatoms. The van der Waals surface area contributed by atoms with Gasteiger partial charge in [-0.1, -0.05) is 43.0 Å². The topological polar surface area (TPSA) is 0 Å². The number of allylic oxidation sites excluding steroid dienone is 6. The first kappa shape index (κ1) is 13.7. The third-order valence-corrected chi connectivity index (χ3v) is 2.11. The van der Waals surface area contributed by atoms with Gasteiger partial charge >= 0.3 is 0 Å². The zero-order valence-corrected chi connectivity index (χ0v) is 10.1. The molecule has 0 bridgehead atoms. The van der Waals surface area contributed by atoms with Crippen LogP contribution in [0.15, 0.2) is 60.8 Å². The summed E-state index contributed by atoms with van der Waals surface area (Å²) >= 11 is 0. The Hall–Kier alpha value is -1.30. The minimum atomic E-state index is 0.998. The molecule has 0 atom stereocenters. The summed E-state index contributed by atoms with van der Waals surface area (Å²) in [6.45, 7) is 19.6. The van der Waals surface area contributed by atoms with E-state index in [1.807, 2.05) is 19.1 Å². The molecule has 0 rings (SSSR count). The maximum Gasteiger partial charge on any atom is -0.0234 e. The molecule has 0 aromatic heterocycles.